The molecule has 0 rings (SSSR count). The molecule has 0 radical (unpaired) electrons. The van der Waals surface area contributed by atoms with E-state index in [-0.39, 0.29) is 18.2 Å². The van der Waals surface area contributed by atoms with Crippen molar-refractivity contribution in [2.45, 2.75) is 6.92 Å². The molecule has 0 amide bonds. The number of rotatable bonds is 5. The molecule has 0 heterocycles. The summed E-state index contributed by atoms with van der Waals surface area (Å²) in [5.41, 5.74) is 5.50. The lowest BCUT2D eigenvalue weighted by Gasteiger charge is -2.00. The first-order valence-corrected chi connectivity index (χ1v) is 3.55. The molecule has 0 bridgehead atoms. The van der Waals surface area contributed by atoms with E-state index in [0.717, 1.165) is 6.21 Å². The normalized spacial score (nSPS) is 10.6. The molecular weight excluding hydrogens is 158 g/mol. The van der Waals surface area contributed by atoms with Crippen molar-refractivity contribution in [1.82, 2.24) is 5.32 Å². The maximum absolute atomic E-state index is 10.7. The number of carbonyl (C=O) groups is 1. The van der Waals surface area contributed by atoms with E-state index in [1.165, 1.54) is 6.20 Å². The van der Waals surface area contributed by atoms with Crippen molar-refractivity contribution in [3.05, 3.63) is 11.9 Å². The van der Waals surface area contributed by atoms with Gasteiger partial charge in [0, 0.05) is 12.4 Å². The van der Waals surface area contributed by atoms with Gasteiger partial charge in [0.1, 0.15) is 6.54 Å². The van der Waals surface area contributed by atoms with Crippen LogP contribution in [0.25, 0.3) is 0 Å². The smallest absolute Gasteiger partial charge is 0.325 e. The highest BCUT2D eigenvalue weighted by atomic mass is 16.5. The lowest BCUT2D eigenvalue weighted by molar-refractivity contribution is -0.141. The van der Waals surface area contributed by atoms with Gasteiger partial charge in [-0.3, -0.25) is 4.79 Å². The van der Waals surface area contributed by atoms with Crippen molar-refractivity contribution < 1.29 is 9.53 Å². The van der Waals surface area contributed by atoms with E-state index in [4.69, 9.17) is 11.1 Å². The zero-order valence-electron chi connectivity index (χ0n) is 6.96. The van der Waals surface area contributed by atoms with Crippen molar-refractivity contribution in [3.63, 3.8) is 0 Å². The number of ether oxygens (including phenoxy) is 1. The zero-order valence-corrected chi connectivity index (χ0v) is 6.96. The second-order valence-electron chi connectivity index (χ2n) is 1.97. The predicted molar refractivity (Wildman–Crippen MR) is 45.7 cm³/mol. The first kappa shape index (κ1) is 10.5. The monoisotopic (exact) mass is 171 g/mol. The van der Waals surface area contributed by atoms with Crippen LogP contribution in [0.4, 0.5) is 0 Å². The Hall–Kier alpha value is -1.52. The van der Waals surface area contributed by atoms with Gasteiger partial charge in [-0.05, 0) is 6.92 Å². The fraction of sp³-hybridized carbons (Fsp3) is 0.429. The third-order valence-corrected chi connectivity index (χ3v) is 0.987. The minimum absolute atomic E-state index is 0.0718. The summed E-state index contributed by atoms with van der Waals surface area (Å²) in [6.45, 7) is 2.17. The topological polar surface area (TPSA) is 88.2 Å². The van der Waals surface area contributed by atoms with Gasteiger partial charge in [0.25, 0.3) is 0 Å². The molecule has 5 heteroatoms. The first-order chi connectivity index (χ1) is 5.70. The third-order valence-electron chi connectivity index (χ3n) is 0.987. The quantitative estimate of drug-likeness (QED) is 0.387. The van der Waals surface area contributed by atoms with E-state index in [9.17, 15) is 4.79 Å². The molecule has 0 fully saturated rings. The Kier molecular flexibility index (Phi) is 5.42. The Balaban J connectivity index is 3.55. The Morgan fingerprint density at radius 2 is 2.42 bits per heavy atom. The van der Waals surface area contributed by atoms with Crippen LogP contribution in [-0.4, -0.2) is 25.3 Å². The molecule has 0 atom stereocenters. The summed E-state index contributed by atoms with van der Waals surface area (Å²) < 4.78 is 4.63. The largest absolute Gasteiger partial charge is 0.465 e. The zero-order chi connectivity index (χ0) is 9.40. The van der Waals surface area contributed by atoms with E-state index < -0.39 is 0 Å². The first-order valence-electron chi connectivity index (χ1n) is 3.55. The van der Waals surface area contributed by atoms with Crippen LogP contribution in [0.15, 0.2) is 11.9 Å². The number of carbonyl (C=O) groups excluding carboxylic acids is 1. The van der Waals surface area contributed by atoms with Gasteiger partial charge < -0.3 is 21.2 Å². The minimum atomic E-state index is -0.341. The molecule has 0 aliphatic carbocycles. The van der Waals surface area contributed by atoms with E-state index in [1.807, 2.05) is 0 Å². The Labute approximate surface area is 71.1 Å². The highest BCUT2D eigenvalue weighted by Crippen LogP contribution is 1.76. The molecule has 0 aromatic rings. The Morgan fingerprint density at radius 3 is 2.92 bits per heavy atom. The molecule has 0 aromatic heterocycles. The second-order valence-corrected chi connectivity index (χ2v) is 1.97. The number of hydrogen-bond acceptors (Lipinski definition) is 5. The minimum Gasteiger partial charge on any atom is -0.465 e. The van der Waals surface area contributed by atoms with Crippen molar-refractivity contribution >= 4 is 12.2 Å². The van der Waals surface area contributed by atoms with Gasteiger partial charge in [-0.2, -0.15) is 0 Å². The molecule has 0 aliphatic heterocycles. The van der Waals surface area contributed by atoms with Crippen molar-refractivity contribution in [2.75, 3.05) is 13.2 Å². The van der Waals surface area contributed by atoms with Gasteiger partial charge in [0.2, 0.25) is 0 Å². The average Bonchev–Trinajstić information content (AvgIpc) is 2.04. The number of hydrogen-bond donors (Lipinski definition) is 3. The average molecular weight is 171 g/mol. The summed E-state index contributed by atoms with van der Waals surface area (Å²) in [4.78, 5) is 10.7. The number of nitrogens with one attached hydrogen (secondary N) is 2. The van der Waals surface area contributed by atoms with Gasteiger partial charge >= 0.3 is 5.97 Å². The molecule has 0 saturated carbocycles. The van der Waals surface area contributed by atoms with Crippen LogP contribution >= 0.6 is 0 Å². The lowest BCUT2D eigenvalue weighted by atomic mass is 10.5. The number of allylic oxidation sites excluding steroid dienone is 1. The maximum Gasteiger partial charge on any atom is 0.325 e. The van der Waals surface area contributed by atoms with Crippen molar-refractivity contribution in [1.29, 1.82) is 5.41 Å². The van der Waals surface area contributed by atoms with Crippen LogP contribution in [0, 0.1) is 5.41 Å². The van der Waals surface area contributed by atoms with Gasteiger partial charge in [0.05, 0.1) is 12.3 Å². The molecule has 0 saturated heterocycles. The SMILES string of the molecule is CCOC(=O)CN/C=C(/N)C=N. The summed E-state index contributed by atoms with van der Waals surface area (Å²) in [6.07, 6.45) is 2.36. The van der Waals surface area contributed by atoms with E-state index in [0.29, 0.717) is 6.61 Å². The van der Waals surface area contributed by atoms with Gasteiger partial charge in [-0.15, -0.1) is 0 Å². The van der Waals surface area contributed by atoms with E-state index in [1.54, 1.807) is 6.92 Å². The van der Waals surface area contributed by atoms with E-state index in [2.05, 4.69) is 10.1 Å². The second kappa shape index (κ2) is 6.21. The molecule has 0 aromatic carbocycles. The molecule has 0 aliphatic rings. The van der Waals surface area contributed by atoms with Crippen LogP contribution in [0.2, 0.25) is 0 Å². The molecule has 12 heavy (non-hydrogen) atoms. The molecule has 5 nitrogen and oxygen atoms in total. The van der Waals surface area contributed by atoms with Gasteiger partial charge in [-0.25, -0.2) is 0 Å². The number of nitrogens with two attached hydrogens (primary N) is 1. The van der Waals surface area contributed by atoms with E-state index >= 15 is 0 Å². The predicted octanol–water partition coefficient (Wildman–Crippen LogP) is -0.411. The fourth-order valence-electron chi connectivity index (χ4n) is 0.506. The third kappa shape index (κ3) is 5.28. The maximum atomic E-state index is 10.7. The molecule has 0 spiro atoms. The molecule has 4 N–H and O–H groups in total. The summed E-state index contributed by atoms with van der Waals surface area (Å²) >= 11 is 0. The van der Waals surface area contributed by atoms with Gasteiger partial charge in [0.15, 0.2) is 0 Å². The highest BCUT2D eigenvalue weighted by Gasteiger charge is 1.96. The summed E-state index contributed by atoms with van der Waals surface area (Å²) in [5.74, 6) is -0.341. The molecule has 0 unspecified atom stereocenters. The lowest BCUT2D eigenvalue weighted by Crippen LogP contribution is -2.21. The summed E-state index contributed by atoms with van der Waals surface area (Å²) in [7, 11) is 0. The molecular formula is C7H13N3O2. The summed E-state index contributed by atoms with van der Waals surface area (Å²) in [5, 5.41) is 9.31. The summed E-state index contributed by atoms with van der Waals surface area (Å²) in [6, 6.07) is 0. The van der Waals surface area contributed by atoms with Crippen LogP contribution in [0.5, 0.6) is 0 Å². The number of esters is 1. The van der Waals surface area contributed by atoms with Crippen LogP contribution in [0.3, 0.4) is 0 Å². The highest BCUT2D eigenvalue weighted by molar-refractivity contribution is 5.75. The fourth-order valence-corrected chi connectivity index (χ4v) is 0.506. The Bertz CT molecular complexity index is 189. The van der Waals surface area contributed by atoms with Crippen molar-refractivity contribution in [2.24, 2.45) is 5.73 Å². The van der Waals surface area contributed by atoms with Gasteiger partial charge in [-0.1, -0.05) is 0 Å². The molecule has 68 valence electrons. The van der Waals surface area contributed by atoms with Crippen LogP contribution in [-0.2, 0) is 9.53 Å². The van der Waals surface area contributed by atoms with Crippen LogP contribution < -0.4 is 11.1 Å². The standard InChI is InChI=1S/C7H13N3O2/c1-2-12-7(11)5-10-4-6(9)3-8/h3-4,8,10H,2,5,9H2,1H3/b6-4+,8-3?. The van der Waals surface area contributed by atoms with Crippen molar-refractivity contribution in [3.8, 4) is 0 Å². The van der Waals surface area contributed by atoms with Crippen LogP contribution in [0.1, 0.15) is 6.92 Å². The Morgan fingerprint density at radius 1 is 1.75 bits per heavy atom.